The quantitative estimate of drug-likeness (QED) is 0.318. The summed E-state index contributed by atoms with van der Waals surface area (Å²) < 4.78 is 46.8. The van der Waals surface area contributed by atoms with Crippen LogP contribution >= 0.6 is 0 Å². The Balaban J connectivity index is 1.56. The van der Waals surface area contributed by atoms with Crippen molar-refractivity contribution < 1.29 is 22.7 Å². The second-order valence-corrected chi connectivity index (χ2v) is 13.6. The Kier molecular flexibility index (Phi) is 7.66. The third-order valence-electron chi connectivity index (χ3n) is 7.18. The first-order valence-corrected chi connectivity index (χ1v) is 15.2. The number of phenolic OH excluding ortho intramolecular Hbond substituents is 1. The van der Waals surface area contributed by atoms with Crippen LogP contribution in [-0.4, -0.2) is 85.7 Å². The monoisotopic (exact) mass is 600 g/mol. The number of nitrogens with two attached hydrogens (primary N) is 1. The lowest BCUT2D eigenvalue weighted by Crippen LogP contribution is -2.42. The zero-order valence-corrected chi connectivity index (χ0v) is 24.6. The Morgan fingerprint density at radius 3 is 2.55 bits per heavy atom. The molecule has 0 saturated carbocycles. The molecule has 0 bridgehead atoms. The average molecular weight is 601 g/mol. The molecule has 1 fully saturated rings. The van der Waals surface area contributed by atoms with Crippen molar-refractivity contribution in [1.29, 1.82) is 0 Å². The van der Waals surface area contributed by atoms with Crippen molar-refractivity contribution in [3.63, 3.8) is 0 Å². The van der Waals surface area contributed by atoms with Gasteiger partial charge in [0, 0.05) is 36.8 Å². The Morgan fingerprint density at radius 2 is 1.88 bits per heavy atom. The summed E-state index contributed by atoms with van der Waals surface area (Å²) in [5.74, 6) is -0.582. The maximum Gasteiger partial charge on any atom is 0.309 e. The fourth-order valence-corrected chi connectivity index (χ4v) is 6.21. The Morgan fingerprint density at radius 1 is 1.17 bits per heavy atom. The molecule has 0 spiro atoms. The van der Waals surface area contributed by atoms with Crippen LogP contribution < -0.4 is 16.0 Å². The van der Waals surface area contributed by atoms with Gasteiger partial charge < -0.3 is 15.6 Å². The van der Waals surface area contributed by atoms with Crippen LogP contribution in [0.2, 0.25) is 0 Å². The fourth-order valence-electron chi connectivity index (χ4n) is 4.93. The second kappa shape index (κ2) is 10.9. The summed E-state index contributed by atoms with van der Waals surface area (Å²) >= 11 is 0. The Labute approximate surface area is 241 Å². The Bertz CT molecular complexity index is 1780. The molecule has 224 valence electrons. The van der Waals surface area contributed by atoms with Crippen LogP contribution in [0.15, 0.2) is 35.5 Å². The molecule has 13 nitrogen and oxygen atoms in total. The molecule has 1 atom stereocenters. The molecule has 1 saturated heterocycles. The van der Waals surface area contributed by atoms with Crippen LogP contribution in [0.3, 0.4) is 0 Å². The molecule has 0 amide bonds. The minimum Gasteiger partial charge on any atom is -0.508 e. The number of hydrogen-bond acceptors (Lipinski definition) is 11. The third-order valence-corrected chi connectivity index (χ3v) is 8.79. The van der Waals surface area contributed by atoms with E-state index in [9.17, 15) is 22.7 Å². The molecule has 0 unspecified atom stereocenters. The van der Waals surface area contributed by atoms with Crippen molar-refractivity contribution in [3.8, 4) is 22.8 Å². The van der Waals surface area contributed by atoms with Crippen molar-refractivity contribution in [2.75, 3.05) is 43.5 Å². The number of ether oxygens (including phenoxy) is 1. The molecule has 0 aliphatic carbocycles. The number of aromatic nitrogens is 6. The molecule has 0 radical (unpaired) electrons. The van der Waals surface area contributed by atoms with Gasteiger partial charge in [-0.1, -0.05) is 0 Å². The molecule has 1 aliphatic heterocycles. The number of sulfone groups is 1. The van der Waals surface area contributed by atoms with Crippen LogP contribution in [0.25, 0.3) is 22.3 Å². The molecule has 15 heteroatoms. The Hall–Kier alpha value is -4.11. The highest BCUT2D eigenvalue weighted by Crippen LogP contribution is 2.35. The van der Waals surface area contributed by atoms with E-state index in [-0.39, 0.29) is 46.7 Å². The zero-order chi connectivity index (χ0) is 30.4. The van der Waals surface area contributed by atoms with Gasteiger partial charge in [-0.25, -0.2) is 32.1 Å². The number of phenols is 1. The summed E-state index contributed by atoms with van der Waals surface area (Å²) in [4.78, 5) is 24.1. The molecule has 42 heavy (non-hydrogen) atoms. The largest absolute Gasteiger partial charge is 0.508 e. The van der Waals surface area contributed by atoms with Crippen LogP contribution in [-0.2, 0) is 15.4 Å². The molecular weight excluding hydrogens is 567 g/mol. The van der Waals surface area contributed by atoms with Gasteiger partial charge in [0.05, 0.1) is 34.7 Å². The van der Waals surface area contributed by atoms with E-state index in [0.29, 0.717) is 36.2 Å². The van der Waals surface area contributed by atoms with E-state index in [1.54, 1.807) is 13.1 Å². The first kappa shape index (κ1) is 29.4. The van der Waals surface area contributed by atoms with Gasteiger partial charge in [0.15, 0.2) is 21.2 Å². The van der Waals surface area contributed by atoms with Gasteiger partial charge >= 0.3 is 5.56 Å². The average Bonchev–Trinajstić information content (AvgIpc) is 3.30. The van der Waals surface area contributed by atoms with Crippen LogP contribution in [0.5, 0.6) is 11.5 Å². The molecule has 3 aromatic heterocycles. The summed E-state index contributed by atoms with van der Waals surface area (Å²) in [6.07, 6.45) is 2.83. The SMILES string of the molecule is C[C@@H](c1cnn(C(C)(C)C)c(=O)c1OCCN1CCS(=O)(=O)CC1)n1nc(-c2cc(O)cc(F)c2)c2c(N)ncnc21. The van der Waals surface area contributed by atoms with Gasteiger partial charge in [0.25, 0.3) is 0 Å². The van der Waals surface area contributed by atoms with E-state index in [1.165, 1.54) is 27.8 Å². The number of nitrogen functional groups attached to an aromatic ring is 1. The maximum atomic E-state index is 14.2. The molecule has 5 rings (SSSR count). The minimum atomic E-state index is -3.02. The van der Waals surface area contributed by atoms with Gasteiger partial charge in [-0.3, -0.25) is 9.69 Å². The molecule has 4 aromatic rings. The highest BCUT2D eigenvalue weighted by molar-refractivity contribution is 7.91. The smallest absolute Gasteiger partial charge is 0.309 e. The van der Waals surface area contributed by atoms with E-state index < -0.39 is 32.8 Å². The standard InChI is InChI=1S/C27H33FN8O5S/c1-16(35-25-21(24(29)30-15-31-25)22(33-35)17-11-18(28)13-19(37)12-17)20-14-32-36(27(2,3)4)26(38)23(20)41-8-5-34-6-9-42(39,40)10-7-34/h11-16,37H,5-10H2,1-4H3,(H2,29,30,31)/t16-/m0/s1. The van der Waals surface area contributed by atoms with Crippen molar-refractivity contribution in [2.45, 2.75) is 39.3 Å². The van der Waals surface area contributed by atoms with Crippen molar-refractivity contribution in [3.05, 3.63) is 52.5 Å². The number of fused-ring (bicyclic) bond motifs is 1. The van der Waals surface area contributed by atoms with Gasteiger partial charge in [-0.2, -0.15) is 10.2 Å². The normalized spacial score (nSPS) is 16.5. The van der Waals surface area contributed by atoms with Crippen molar-refractivity contribution in [1.82, 2.24) is 34.4 Å². The van der Waals surface area contributed by atoms with Gasteiger partial charge in [-0.05, 0) is 39.8 Å². The number of halogens is 1. The number of aromatic hydroxyl groups is 1. The lowest BCUT2D eigenvalue weighted by atomic mass is 10.1. The molecule has 1 aromatic carbocycles. The highest BCUT2D eigenvalue weighted by atomic mass is 32.2. The number of rotatable bonds is 7. The summed E-state index contributed by atoms with van der Waals surface area (Å²) in [5.41, 5.74) is 6.41. The summed E-state index contributed by atoms with van der Waals surface area (Å²) in [7, 11) is -3.02. The lowest BCUT2D eigenvalue weighted by Gasteiger charge is -2.27. The number of benzene rings is 1. The van der Waals surface area contributed by atoms with Gasteiger partial charge in [0.1, 0.15) is 36.0 Å². The van der Waals surface area contributed by atoms with Crippen molar-refractivity contribution in [2.24, 2.45) is 0 Å². The van der Waals surface area contributed by atoms with E-state index >= 15 is 0 Å². The minimum absolute atomic E-state index is 0.0766. The highest BCUT2D eigenvalue weighted by Gasteiger charge is 2.28. The van der Waals surface area contributed by atoms with Gasteiger partial charge in [0.2, 0.25) is 0 Å². The van der Waals surface area contributed by atoms with Gasteiger partial charge in [-0.15, -0.1) is 0 Å². The van der Waals surface area contributed by atoms with E-state index in [1.807, 2.05) is 25.7 Å². The molecule has 1 aliphatic rings. The number of hydrogen-bond donors (Lipinski definition) is 2. The predicted octanol–water partition coefficient (Wildman–Crippen LogP) is 1.95. The van der Waals surface area contributed by atoms with E-state index in [4.69, 9.17) is 10.5 Å². The summed E-state index contributed by atoms with van der Waals surface area (Å²) in [6, 6.07) is 2.91. The lowest BCUT2D eigenvalue weighted by molar-refractivity contribution is 0.211. The second-order valence-electron chi connectivity index (χ2n) is 11.3. The first-order chi connectivity index (χ1) is 19.7. The van der Waals surface area contributed by atoms with E-state index in [2.05, 4.69) is 20.2 Å². The maximum absolute atomic E-state index is 14.2. The summed E-state index contributed by atoms with van der Waals surface area (Å²) in [6.45, 7) is 8.72. The topological polar surface area (TPSA) is 171 Å². The van der Waals surface area contributed by atoms with Crippen LogP contribution in [0, 0.1) is 5.82 Å². The fraction of sp³-hybridized carbons (Fsp3) is 0.444. The molecule has 4 heterocycles. The van der Waals surface area contributed by atoms with Crippen LogP contribution in [0.1, 0.15) is 39.3 Å². The summed E-state index contributed by atoms with van der Waals surface area (Å²) in [5, 5.41) is 19.5. The van der Waals surface area contributed by atoms with Crippen LogP contribution in [0.4, 0.5) is 10.2 Å². The molecule has 3 N–H and O–H groups in total. The van der Waals surface area contributed by atoms with Crippen molar-refractivity contribution >= 4 is 26.7 Å². The number of anilines is 1. The van der Waals surface area contributed by atoms with E-state index in [0.717, 1.165) is 6.07 Å². The zero-order valence-electron chi connectivity index (χ0n) is 23.8. The molecular formula is C27H33FN8O5S. The third kappa shape index (κ3) is 5.79. The first-order valence-electron chi connectivity index (χ1n) is 13.4. The predicted molar refractivity (Wildman–Crippen MR) is 155 cm³/mol. The number of nitrogens with zero attached hydrogens (tertiary/aromatic N) is 7.